The molecule has 0 bridgehead atoms. The third-order valence-corrected chi connectivity index (χ3v) is 1.94. The zero-order valence-corrected chi connectivity index (χ0v) is 8.56. The zero-order chi connectivity index (χ0) is 9.40. The highest BCUT2D eigenvalue weighted by Crippen LogP contribution is 2.17. The summed E-state index contributed by atoms with van der Waals surface area (Å²) in [4.78, 5) is 0. The normalized spacial score (nSPS) is 13.2. The second-order valence-electron chi connectivity index (χ2n) is 2.77. The van der Waals surface area contributed by atoms with E-state index in [0.717, 1.165) is 19.3 Å². The third-order valence-electron chi connectivity index (χ3n) is 1.94. The van der Waals surface area contributed by atoms with Crippen LogP contribution in [-0.4, -0.2) is 0 Å². The Morgan fingerprint density at radius 3 is 2.00 bits per heavy atom. The van der Waals surface area contributed by atoms with E-state index < -0.39 is 0 Å². The van der Waals surface area contributed by atoms with Gasteiger partial charge in [0.1, 0.15) is 0 Å². The van der Waals surface area contributed by atoms with Crippen molar-refractivity contribution in [1.29, 1.82) is 0 Å². The highest BCUT2D eigenvalue weighted by atomic mass is 14.0. The fourth-order valence-electron chi connectivity index (χ4n) is 1.34. The molecule has 0 rings (SSSR count). The van der Waals surface area contributed by atoms with E-state index in [1.54, 1.807) is 0 Å². The molecule has 0 nitrogen and oxygen atoms in total. The van der Waals surface area contributed by atoms with Crippen LogP contribution in [0.25, 0.3) is 0 Å². The molecule has 0 heterocycles. The molecule has 68 valence electrons. The van der Waals surface area contributed by atoms with Gasteiger partial charge >= 0.3 is 0 Å². The molecule has 0 aliphatic carbocycles. The van der Waals surface area contributed by atoms with E-state index in [1.807, 2.05) is 6.08 Å². The summed E-state index contributed by atoms with van der Waals surface area (Å²) in [5, 5.41) is 0. The van der Waals surface area contributed by atoms with Gasteiger partial charge in [0.05, 0.1) is 0 Å². The number of hydrogen-bond donors (Lipinski definition) is 0. The van der Waals surface area contributed by atoms with Crippen molar-refractivity contribution < 1.29 is 0 Å². The maximum absolute atomic E-state index is 3.72. The Kier molecular flexibility index (Phi) is 6.45. The first-order valence-electron chi connectivity index (χ1n) is 4.81. The molecule has 0 saturated carbocycles. The summed E-state index contributed by atoms with van der Waals surface area (Å²) >= 11 is 0. The Morgan fingerprint density at radius 2 is 1.67 bits per heavy atom. The van der Waals surface area contributed by atoms with Crippen LogP contribution in [0.5, 0.6) is 0 Å². The second kappa shape index (κ2) is 6.90. The van der Waals surface area contributed by atoms with Crippen molar-refractivity contribution in [3.05, 3.63) is 36.0 Å². The van der Waals surface area contributed by atoms with E-state index in [1.165, 1.54) is 11.1 Å². The molecule has 0 saturated heterocycles. The zero-order valence-electron chi connectivity index (χ0n) is 8.56. The van der Waals surface area contributed by atoms with Crippen LogP contribution in [-0.2, 0) is 0 Å². The van der Waals surface area contributed by atoms with E-state index >= 15 is 0 Å². The summed E-state index contributed by atoms with van der Waals surface area (Å²) in [6.07, 6.45) is 9.65. The molecule has 0 unspecified atom stereocenters. The van der Waals surface area contributed by atoms with Gasteiger partial charge < -0.3 is 0 Å². The minimum absolute atomic E-state index is 1.10. The quantitative estimate of drug-likeness (QED) is 0.533. The van der Waals surface area contributed by atoms with Crippen LogP contribution in [0.3, 0.4) is 0 Å². The van der Waals surface area contributed by atoms with Crippen LogP contribution in [0, 0.1) is 0 Å². The topological polar surface area (TPSA) is 0 Å². The van der Waals surface area contributed by atoms with Crippen molar-refractivity contribution in [1.82, 2.24) is 0 Å². The highest BCUT2D eigenvalue weighted by molar-refractivity contribution is 5.32. The molecule has 0 atom stereocenters. The van der Waals surface area contributed by atoms with Crippen molar-refractivity contribution >= 4 is 0 Å². The predicted molar refractivity (Wildman–Crippen MR) is 57.2 cm³/mol. The van der Waals surface area contributed by atoms with Gasteiger partial charge in [0.25, 0.3) is 0 Å². The summed E-state index contributed by atoms with van der Waals surface area (Å²) in [6, 6.07) is 0. The SMILES string of the molecule is C=C/C=C(CC)\C(=C/CC)CC. The summed E-state index contributed by atoms with van der Waals surface area (Å²) in [5.41, 5.74) is 2.90. The fourth-order valence-corrected chi connectivity index (χ4v) is 1.34. The van der Waals surface area contributed by atoms with Gasteiger partial charge in [-0.05, 0) is 30.4 Å². The first-order chi connectivity index (χ1) is 5.79. The number of rotatable bonds is 5. The summed E-state index contributed by atoms with van der Waals surface area (Å²) < 4.78 is 0. The molecule has 0 spiro atoms. The average Bonchev–Trinajstić information content (AvgIpc) is 2.11. The fraction of sp³-hybridized carbons (Fsp3) is 0.500. The van der Waals surface area contributed by atoms with E-state index in [0.29, 0.717) is 0 Å². The summed E-state index contributed by atoms with van der Waals surface area (Å²) in [7, 11) is 0. The molecule has 12 heavy (non-hydrogen) atoms. The lowest BCUT2D eigenvalue weighted by Crippen LogP contribution is -1.86. The lowest BCUT2D eigenvalue weighted by molar-refractivity contribution is 1.00. The molecular formula is C12H20. The van der Waals surface area contributed by atoms with Crippen LogP contribution in [0.15, 0.2) is 36.0 Å². The molecule has 0 aromatic heterocycles. The molecule has 0 heteroatoms. The Morgan fingerprint density at radius 1 is 1.08 bits per heavy atom. The summed E-state index contributed by atoms with van der Waals surface area (Å²) in [5.74, 6) is 0. The van der Waals surface area contributed by atoms with E-state index in [-0.39, 0.29) is 0 Å². The van der Waals surface area contributed by atoms with Gasteiger partial charge in [-0.15, -0.1) is 0 Å². The molecule has 0 aliphatic heterocycles. The van der Waals surface area contributed by atoms with Crippen molar-refractivity contribution in [3.63, 3.8) is 0 Å². The van der Waals surface area contributed by atoms with Crippen LogP contribution in [0.4, 0.5) is 0 Å². The van der Waals surface area contributed by atoms with Crippen LogP contribution in [0.2, 0.25) is 0 Å². The van der Waals surface area contributed by atoms with Crippen molar-refractivity contribution in [2.75, 3.05) is 0 Å². The molecule has 0 fully saturated rings. The van der Waals surface area contributed by atoms with Gasteiger partial charge in [-0.25, -0.2) is 0 Å². The van der Waals surface area contributed by atoms with Crippen LogP contribution < -0.4 is 0 Å². The van der Waals surface area contributed by atoms with Crippen LogP contribution >= 0.6 is 0 Å². The molecule has 0 aromatic carbocycles. The Hall–Kier alpha value is -0.780. The monoisotopic (exact) mass is 164 g/mol. The third kappa shape index (κ3) is 3.56. The molecular weight excluding hydrogens is 144 g/mol. The first-order valence-corrected chi connectivity index (χ1v) is 4.81. The molecule has 0 radical (unpaired) electrons. The van der Waals surface area contributed by atoms with E-state index in [4.69, 9.17) is 0 Å². The van der Waals surface area contributed by atoms with Gasteiger partial charge in [-0.2, -0.15) is 0 Å². The smallest absolute Gasteiger partial charge is 0.0305 e. The van der Waals surface area contributed by atoms with E-state index in [9.17, 15) is 0 Å². The van der Waals surface area contributed by atoms with Crippen molar-refractivity contribution in [2.24, 2.45) is 0 Å². The minimum atomic E-state index is 1.10. The average molecular weight is 164 g/mol. The van der Waals surface area contributed by atoms with Gasteiger partial charge in [-0.1, -0.05) is 45.6 Å². The number of allylic oxidation sites excluding steroid dienone is 5. The first kappa shape index (κ1) is 11.2. The molecule has 0 N–H and O–H groups in total. The van der Waals surface area contributed by atoms with Crippen LogP contribution in [0.1, 0.15) is 40.0 Å². The van der Waals surface area contributed by atoms with Crippen molar-refractivity contribution in [2.45, 2.75) is 40.0 Å². The standard InChI is InChI=1S/C12H20/c1-5-9-11(7-3)12(8-4)10-6-2/h5,9-10H,1,6-8H2,2-4H3/b11-9-,12-10-. The Labute approximate surface area is 76.7 Å². The highest BCUT2D eigenvalue weighted by Gasteiger charge is 1.97. The van der Waals surface area contributed by atoms with Gasteiger partial charge in [-0.3, -0.25) is 0 Å². The van der Waals surface area contributed by atoms with Gasteiger partial charge in [0.15, 0.2) is 0 Å². The maximum atomic E-state index is 3.72. The summed E-state index contributed by atoms with van der Waals surface area (Å²) in [6.45, 7) is 10.3. The largest absolute Gasteiger partial charge is 0.0991 e. The van der Waals surface area contributed by atoms with Gasteiger partial charge in [0.2, 0.25) is 0 Å². The Bertz CT molecular complexity index is 182. The van der Waals surface area contributed by atoms with Gasteiger partial charge in [0, 0.05) is 0 Å². The predicted octanol–water partition coefficient (Wildman–Crippen LogP) is 4.26. The Balaban J connectivity index is 4.55. The molecule has 0 amide bonds. The lowest BCUT2D eigenvalue weighted by Gasteiger charge is -2.06. The molecule has 0 aliphatic rings. The minimum Gasteiger partial charge on any atom is -0.0991 e. The lowest BCUT2D eigenvalue weighted by atomic mass is 10.00. The maximum Gasteiger partial charge on any atom is -0.0305 e. The number of hydrogen-bond acceptors (Lipinski definition) is 0. The molecule has 0 aromatic rings. The second-order valence-corrected chi connectivity index (χ2v) is 2.77. The van der Waals surface area contributed by atoms with E-state index in [2.05, 4.69) is 39.5 Å². The van der Waals surface area contributed by atoms with Crippen molar-refractivity contribution in [3.8, 4) is 0 Å².